The number of hydrogen-bond donors (Lipinski definition) is 3. The largest absolute Gasteiger partial charge is 0.409 e. The number of anilines is 1. The number of amidine groups is 1. The van der Waals surface area contributed by atoms with Gasteiger partial charge in [0.2, 0.25) is 0 Å². The van der Waals surface area contributed by atoms with Gasteiger partial charge in [-0.2, -0.15) is 0 Å². The van der Waals surface area contributed by atoms with Gasteiger partial charge in [0.15, 0.2) is 0 Å². The van der Waals surface area contributed by atoms with E-state index in [9.17, 15) is 0 Å². The zero-order valence-corrected chi connectivity index (χ0v) is 12.7. The number of halogens is 3. The first kappa shape index (κ1) is 15.4. The molecule has 0 amide bonds. The molecule has 0 spiro atoms. The molecule has 0 aliphatic heterocycles. The van der Waals surface area contributed by atoms with E-state index in [2.05, 4.69) is 26.4 Å². The van der Waals surface area contributed by atoms with E-state index in [4.69, 9.17) is 34.1 Å². The quantitative estimate of drug-likeness (QED) is 0.237. The van der Waals surface area contributed by atoms with Crippen LogP contribution in [-0.4, -0.2) is 17.6 Å². The highest BCUT2D eigenvalue weighted by atomic mass is 79.9. The topological polar surface area (TPSA) is 70.6 Å². The Kier molecular flexibility index (Phi) is 6.60. The molecule has 7 heteroatoms. The number of unbranched alkanes of at least 4 members (excludes halogenated alkanes) is 1. The Labute approximate surface area is 124 Å². The molecule has 0 atom stereocenters. The fraction of sp³-hybridized carbons (Fsp3) is 0.364. The molecule has 18 heavy (non-hydrogen) atoms. The van der Waals surface area contributed by atoms with Crippen molar-refractivity contribution < 1.29 is 5.21 Å². The van der Waals surface area contributed by atoms with Gasteiger partial charge in [-0.05, 0) is 25.0 Å². The summed E-state index contributed by atoms with van der Waals surface area (Å²) in [5.41, 5.74) is 6.09. The van der Waals surface area contributed by atoms with Crippen molar-refractivity contribution in [1.82, 2.24) is 0 Å². The van der Waals surface area contributed by atoms with Crippen molar-refractivity contribution in [3.05, 3.63) is 26.7 Å². The fourth-order valence-corrected chi connectivity index (χ4v) is 2.75. The number of benzene rings is 1. The third kappa shape index (κ3) is 4.92. The van der Waals surface area contributed by atoms with Crippen molar-refractivity contribution in [2.45, 2.75) is 19.3 Å². The van der Waals surface area contributed by atoms with Crippen molar-refractivity contribution >= 4 is 50.7 Å². The van der Waals surface area contributed by atoms with E-state index in [-0.39, 0.29) is 5.84 Å². The second-order valence-corrected chi connectivity index (χ2v) is 5.45. The average molecular weight is 355 g/mol. The predicted molar refractivity (Wildman–Crippen MR) is 79.9 cm³/mol. The van der Waals surface area contributed by atoms with Crippen LogP contribution < -0.4 is 11.1 Å². The van der Waals surface area contributed by atoms with E-state index in [1.165, 1.54) is 0 Å². The third-order valence-electron chi connectivity index (χ3n) is 2.30. The Morgan fingerprint density at radius 2 is 1.94 bits per heavy atom. The lowest BCUT2D eigenvalue weighted by Gasteiger charge is -2.10. The summed E-state index contributed by atoms with van der Waals surface area (Å²) in [5.74, 6) is 0.245. The van der Waals surface area contributed by atoms with Crippen molar-refractivity contribution in [2.75, 3.05) is 11.9 Å². The minimum atomic E-state index is 0.245. The SMILES string of the molecule is NC(CCCCNc1c(Cl)cc(Br)cc1Cl)=NO. The second-order valence-electron chi connectivity index (χ2n) is 3.72. The van der Waals surface area contributed by atoms with Gasteiger partial charge in [-0.1, -0.05) is 44.3 Å². The van der Waals surface area contributed by atoms with Crippen molar-refractivity contribution in [3.8, 4) is 0 Å². The summed E-state index contributed by atoms with van der Waals surface area (Å²) >= 11 is 15.5. The van der Waals surface area contributed by atoms with Crippen LogP contribution >= 0.6 is 39.1 Å². The highest BCUT2D eigenvalue weighted by molar-refractivity contribution is 9.10. The molecule has 1 rings (SSSR count). The van der Waals surface area contributed by atoms with E-state index in [1.807, 2.05) is 0 Å². The molecule has 0 heterocycles. The zero-order valence-electron chi connectivity index (χ0n) is 9.59. The number of rotatable bonds is 6. The number of nitrogens with one attached hydrogen (secondary N) is 1. The van der Waals surface area contributed by atoms with Crippen LogP contribution in [-0.2, 0) is 0 Å². The van der Waals surface area contributed by atoms with Gasteiger partial charge in [-0.25, -0.2) is 0 Å². The minimum absolute atomic E-state index is 0.245. The molecular weight excluding hydrogens is 341 g/mol. The molecule has 0 aliphatic carbocycles. The summed E-state index contributed by atoms with van der Waals surface area (Å²) in [4.78, 5) is 0. The van der Waals surface area contributed by atoms with Crippen LogP contribution in [0.4, 0.5) is 5.69 Å². The lowest BCUT2D eigenvalue weighted by molar-refractivity contribution is 0.316. The molecule has 0 aromatic heterocycles. The molecule has 1 aromatic rings. The predicted octanol–water partition coefficient (Wildman–Crippen LogP) is 4.08. The third-order valence-corrected chi connectivity index (χ3v) is 3.35. The van der Waals surface area contributed by atoms with Crippen LogP contribution in [0.1, 0.15) is 19.3 Å². The van der Waals surface area contributed by atoms with Gasteiger partial charge >= 0.3 is 0 Å². The highest BCUT2D eigenvalue weighted by Gasteiger charge is 2.06. The Hall–Kier alpha value is -0.650. The smallest absolute Gasteiger partial charge is 0.139 e. The lowest BCUT2D eigenvalue weighted by Crippen LogP contribution is -2.12. The summed E-state index contributed by atoms with van der Waals surface area (Å²) in [6.45, 7) is 0.722. The van der Waals surface area contributed by atoms with Crippen LogP contribution in [0.5, 0.6) is 0 Å². The van der Waals surface area contributed by atoms with Gasteiger partial charge in [0.05, 0.1) is 15.7 Å². The normalized spacial score (nSPS) is 11.6. The number of oxime groups is 1. The molecule has 0 aliphatic rings. The monoisotopic (exact) mass is 353 g/mol. The summed E-state index contributed by atoms with van der Waals surface area (Å²) < 4.78 is 0.843. The Morgan fingerprint density at radius 3 is 2.50 bits per heavy atom. The van der Waals surface area contributed by atoms with Crippen LogP contribution in [0.3, 0.4) is 0 Å². The first-order valence-electron chi connectivity index (χ1n) is 5.39. The summed E-state index contributed by atoms with van der Waals surface area (Å²) in [7, 11) is 0. The van der Waals surface area contributed by atoms with Crippen molar-refractivity contribution in [3.63, 3.8) is 0 Å². The number of hydrogen-bond acceptors (Lipinski definition) is 3. The molecule has 4 N–H and O–H groups in total. The maximum absolute atomic E-state index is 8.38. The highest BCUT2D eigenvalue weighted by Crippen LogP contribution is 2.33. The molecule has 0 radical (unpaired) electrons. The van der Waals surface area contributed by atoms with Gasteiger partial charge in [0, 0.05) is 17.4 Å². The van der Waals surface area contributed by atoms with Crippen molar-refractivity contribution in [2.24, 2.45) is 10.9 Å². The summed E-state index contributed by atoms with van der Waals surface area (Å²) in [6.07, 6.45) is 2.27. The Bertz CT molecular complexity index is 417. The zero-order chi connectivity index (χ0) is 13.5. The Morgan fingerprint density at radius 1 is 1.33 bits per heavy atom. The average Bonchev–Trinajstić information content (AvgIpc) is 2.31. The summed E-state index contributed by atoms with van der Waals surface area (Å²) in [5, 5.41) is 15.6. The Balaban J connectivity index is 2.40. The molecule has 0 saturated carbocycles. The molecule has 100 valence electrons. The van der Waals surface area contributed by atoms with Gasteiger partial charge in [-0.15, -0.1) is 0 Å². The maximum Gasteiger partial charge on any atom is 0.139 e. The van der Waals surface area contributed by atoms with Gasteiger partial charge < -0.3 is 16.3 Å². The van der Waals surface area contributed by atoms with Crippen molar-refractivity contribution in [1.29, 1.82) is 0 Å². The molecular formula is C11H14BrCl2N3O. The van der Waals surface area contributed by atoms with E-state index >= 15 is 0 Å². The second kappa shape index (κ2) is 7.71. The van der Waals surface area contributed by atoms with E-state index < -0.39 is 0 Å². The number of nitrogens with zero attached hydrogens (tertiary/aromatic N) is 1. The first-order chi connectivity index (χ1) is 8.54. The first-order valence-corrected chi connectivity index (χ1v) is 6.94. The van der Waals surface area contributed by atoms with Gasteiger partial charge in [0.1, 0.15) is 5.84 Å². The maximum atomic E-state index is 8.38. The van der Waals surface area contributed by atoms with E-state index in [0.29, 0.717) is 16.5 Å². The molecule has 0 fully saturated rings. The minimum Gasteiger partial charge on any atom is -0.409 e. The number of nitrogens with two attached hydrogens (primary N) is 1. The molecule has 1 aromatic carbocycles. The van der Waals surface area contributed by atoms with Gasteiger partial charge in [-0.3, -0.25) is 0 Å². The summed E-state index contributed by atoms with van der Waals surface area (Å²) in [6, 6.07) is 3.57. The molecule has 0 unspecified atom stereocenters. The van der Waals surface area contributed by atoms with E-state index in [1.54, 1.807) is 12.1 Å². The molecule has 0 saturated heterocycles. The molecule has 4 nitrogen and oxygen atoms in total. The standard InChI is InChI=1S/C11H14BrCl2N3O/c12-7-5-8(13)11(9(14)6-7)16-4-2-1-3-10(15)17-18/h5-6,16,18H,1-4H2,(H2,15,17). The fourth-order valence-electron chi connectivity index (χ4n) is 1.41. The molecule has 0 bridgehead atoms. The van der Waals surface area contributed by atoms with Crippen LogP contribution in [0, 0.1) is 0 Å². The van der Waals surface area contributed by atoms with Crippen LogP contribution in [0.15, 0.2) is 21.8 Å². The van der Waals surface area contributed by atoms with Gasteiger partial charge in [0.25, 0.3) is 0 Å². The van der Waals surface area contributed by atoms with Crippen LogP contribution in [0.25, 0.3) is 0 Å². The lowest BCUT2D eigenvalue weighted by atomic mass is 10.2. The van der Waals surface area contributed by atoms with E-state index in [0.717, 1.165) is 29.5 Å². The van der Waals surface area contributed by atoms with Crippen LogP contribution in [0.2, 0.25) is 10.0 Å².